The number of aliphatic carboxylic acids is 1. The molecule has 1 atom stereocenters. The van der Waals surface area contributed by atoms with Crippen LogP contribution in [0.3, 0.4) is 0 Å². The van der Waals surface area contributed by atoms with E-state index >= 15 is 0 Å². The van der Waals surface area contributed by atoms with Crippen molar-refractivity contribution in [3.05, 3.63) is 83.9 Å². The van der Waals surface area contributed by atoms with Crippen molar-refractivity contribution in [2.24, 2.45) is 16.5 Å². The standard InChI is InChI=1S/C23H22N4O3/c24-23(25)27-17-9-4-8-16(12-17)18-10-5-11-19(22(18)26-14-28)20(13-21(29)30)15-6-2-1-3-7-15/h1-12,14,20H,13H2,(H,26,28)(H,29,30)(H4,24,25,27). The van der Waals surface area contributed by atoms with Crippen LogP contribution in [0, 0.1) is 0 Å². The van der Waals surface area contributed by atoms with Gasteiger partial charge < -0.3 is 21.9 Å². The van der Waals surface area contributed by atoms with E-state index in [1.807, 2.05) is 54.6 Å². The van der Waals surface area contributed by atoms with Gasteiger partial charge >= 0.3 is 5.97 Å². The molecule has 7 nitrogen and oxygen atoms in total. The summed E-state index contributed by atoms with van der Waals surface area (Å²) in [6.45, 7) is 0. The normalized spacial score (nSPS) is 11.3. The molecule has 3 aromatic rings. The lowest BCUT2D eigenvalue weighted by Crippen LogP contribution is -2.21. The van der Waals surface area contributed by atoms with Gasteiger partial charge in [-0.2, -0.15) is 0 Å². The van der Waals surface area contributed by atoms with E-state index in [9.17, 15) is 14.7 Å². The first kappa shape index (κ1) is 20.6. The first-order valence-electron chi connectivity index (χ1n) is 9.29. The van der Waals surface area contributed by atoms with Crippen molar-refractivity contribution in [3.8, 4) is 11.1 Å². The zero-order valence-corrected chi connectivity index (χ0v) is 16.2. The van der Waals surface area contributed by atoms with Crippen LogP contribution in [0.15, 0.2) is 77.8 Å². The summed E-state index contributed by atoms with van der Waals surface area (Å²) in [4.78, 5) is 27.1. The molecule has 0 aromatic heterocycles. The second-order valence-electron chi connectivity index (χ2n) is 6.68. The van der Waals surface area contributed by atoms with Crippen LogP contribution < -0.4 is 16.8 Å². The highest BCUT2D eigenvalue weighted by Crippen LogP contribution is 2.39. The van der Waals surface area contributed by atoms with Gasteiger partial charge in [0.15, 0.2) is 5.96 Å². The van der Waals surface area contributed by atoms with Crippen molar-refractivity contribution in [1.29, 1.82) is 0 Å². The summed E-state index contributed by atoms with van der Waals surface area (Å²) in [7, 11) is 0. The fourth-order valence-electron chi connectivity index (χ4n) is 3.48. The maximum absolute atomic E-state index is 11.6. The van der Waals surface area contributed by atoms with Crippen LogP contribution in [0.5, 0.6) is 0 Å². The maximum Gasteiger partial charge on any atom is 0.304 e. The van der Waals surface area contributed by atoms with Crippen LogP contribution in [-0.2, 0) is 9.59 Å². The first-order chi connectivity index (χ1) is 14.5. The van der Waals surface area contributed by atoms with Gasteiger partial charge in [0.2, 0.25) is 6.41 Å². The van der Waals surface area contributed by atoms with Crippen LogP contribution in [0.4, 0.5) is 11.4 Å². The molecule has 30 heavy (non-hydrogen) atoms. The average molecular weight is 402 g/mol. The average Bonchev–Trinajstić information content (AvgIpc) is 2.73. The number of nitrogens with two attached hydrogens (primary N) is 2. The van der Waals surface area contributed by atoms with Gasteiger partial charge in [0.25, 0.3) is 0 Å². The zero-order valence-electron chi connectivity index (χ0n) is 16.2. The Morgan fingerprint density at radius 1 is 1.03 bits per heavy atom. The number of guanidine groups is 1. The Morgan fingerprint density at radius 3 is 2.43 bits per heavy atom. The topological polar surface area (TPSA) is 131 Å². The Kier molecular flexibility index (Phi) is 6.44. The van der Waals surface area contributed by atoms with Gasteiger partial charge in [0.1, 0.15) is 0 Å². The fourth-order valence-corrected chi connectivity index (χ4v) is 3.48. The number of hydrogen-bond acceptors (Lipinski definition) is 3. The third-order valence-corrected chi connectivity index (χ3v) is 4.67. The smallest absolute Gasteiger partial charge is 0.304 e. The molecule has 3 rings (SSSR count). The Balaban J connectivity index is 2.18. The van der Waals surface area contributed by atoms with Gasteiger partial charge in [-0.3, -0.25) is 9.59 Å². The van der Waals surface area contributed by atoms with E-state index < -0.39 is 11.9 Å². The van der Waals surface area contributed by atoms with E-state index in [2.05, 4.69) is 10.3 Å². The van der Waals surface area contributed by atoms with E-state index in [0.717, 1.165) is 16.7 Å². The van der Waals surface area contributed by atoms with Gasteiger partial charge in [-0.1, -0.05) is 60.7 Å². The Bertz CT molecular complexity index is 1080. The van der Waals surface area contributed by atoms with Crippen LogP contribution in [0.1, 0.15) is 23.5 Å². The van der Waals surface area contributed by atoms with Crippen molar-refractivity contribution in [2.75, 3.05) is 5.32 Å². The number of amides is 1. The highest BCUT2D eigenvalue weighted by Gasteiger charge is 2.22. The lowest BCUT2D eigenvalue weighted by atomic mass is 9.85. The van der Waals surface area contributed by atoms with E-state index in [4.69, 9.17) is 11.5 Å². The quantitative estimate of drug-likeness (QED) is 0.260. The molecule has 0 saturated carbocycles. The second kappa shape index (κ2) is 9.38. The molecule has 0 saturated heterocycles. The van der Waals surface area contributed by atoms with Crippen molar-refractivity contribution in [1.82, 2.24) is 0 Å². The van der Waals surface area contributed by atoms with Gasteiger partial charge in [0, 0.05) is 11.5 Å². The molecule has 1 unspecified atom stereocenters. The zero-order chi connectivity index (χ0) is 21.5. The van der Waals surface area contributed by atoms with Gasteiger partial charge in [-0.15, -0.1) is 0 Å². The summed E-state index contributed by atoms with van der Waals surface area (Å²) < 4.78 is 0. The molecule has 0 spiro atoms. The Hall–Kier alpha value is -4.13. The molecule has 0 aliphatic heterocycles. The molecule has 6 N–H and O–H groups in total. The summed E-state index contributed by atoms with van der Waals surface area (Å²) in [6, 6.07) is 22.1. The number of nitrogens with zero attached hydrogens (tertiary/aromatic N) is 1. The number of hydrogen-bond donors (Lipinski definition) is 4. The minimum Gasteiger partial charge on any atom is -0.481 e. The van der Waals surface area contributed by atoms with Crippen LogP contribution >= 0.6 is 0 Å². The van der Waals surface area contributed by atoms with Gasteiger partial charge in [-0.05, 0) is 28.8 Å². The molecule has 0 fully saturated rings. The number of carbonyl (C=O) groups is 2. The first-order valence-corrected chi connectivity index (χ1v) is 9.29. The number of nitrogens with one attached hydrogen (secondary N) is 1. The van der Waals surface area contributed by atoms with Gasteiger partial charge in [0.05, 0.1) is 17.8 Å². The molecular weight excluding hydrogens is 380 g/mol. The summed E-state index contributed by atoms with van der Waals surface area (Å²) in [5.41, 5.74) is 15.1. The third kappa shape index (κ3) is 4.82. The Morgan fingerprint density at radius 2 is 1.77 bits per heavy atom. The van der Waals surface area contributed by atoms with Crippen LogP contribution in [0.2, 0.25) is 0 Å². The lowest BCUT2D eigenvalue weighted by Gasteiger charge is -2.22. The molecular formula is C23H22N4O3. The molecule has 0 heterocycles. The van der Waals surface area contributed by atoms with E-state index in [0.29, 0.717) is 23.3 Å². The van der Waals surface area contributed by atoms with Crippen molar-refractivity contribution in [3.63, 3.8) is 0 Å². The van der Waals surface area contributed by atoms with Crippen LogP contribution in [0.25, 0.3) is 11.1 Å². The van der Waals surface area contributed by atoms with Crippen molar-refractivity contribution >= 4 is 29.7 Å². The molecule has 0 bridgehead atoms. The summed E-state index contributed by atoms with van der Waals surface area (Å²) in [6.07, 6.45) is 0.472. The molecule has 152 valence electrons. The van der Waals surface area contributed by atoms with Crippen molar-refractivity contribution < 1.29 is 14.7 Å². The number of rotatable bonds is 8. The molecule has 0 aliphatic rings. The SMILES string of the molecule is NC(N)=Nc1cccc(-c2cccc(C(CC(=O)O)c3ccccc3)c2NC=O)c1. The molecule has 0 radical (unpaired) electrons. The predicted octanol–water partition coefficient (Wildman–Crippen LogP) is 3.43. The highest BCUT2D eigenvalue weighted by molar-refractivity contribution is 5.89. The van der Waals surface area contributed by atoms with Crippen LogP contribution in [-0.4, -0.2) is 23.4 Å². The number of benzene rings is 3. The predicted molar refractivity (Wildman–Crippen MR) is 118 cm³/mol. The lowest BCUT2D eigenvalue weighted by molar-refractivity contribution is -0.137. The summed E-state index contributed by atoms with van der Waals surface area (Å²) in [5, 5.41) is 12.3. The Labute approximate surface area is 174 Å². The molecule has 3 aromatic carbocycles. The fraction of sp³-hybridized carbons (Fsp3) is 0.0870. The second-order valence-corrected chi connectivity index (χ2v) is 6.68. The highest BCUT2D eigenvalue weighted by atomic mass is 16.4. The van der Waals surface area contributed by atoms with E-state index in [-0.39, 0.29) is 12.4 Å². The molecule has 1 amide bonds. The monoisotopic (exact) mass is 402 g/mol. The number of carbonyl (C=O) groups excluding carboxylic acids is 1. The van der Waals surface area contributed by atoms with Crippen molar-refractivity contribution in [2.45, 2.75) is 12.3 Å². The number of aliphatic imine (C=N–C) groups is 1. The minimum atomic E-state index is -0.930. The summed E-state index contributed by atoms with van der Waals surface area (Å²) >= 11 is 0. The van der Waals surface area contributed by atoms with E-state index in [1.54, 1.807) is 18.2 Å². The van der Waals surface area contributed by atoms with Gasteiger partial charge in [-0.25, -0.2) is 4.99 Å². The summed E-state index contributed by atoms with van der Waals surface area (Å²) in [5.74, 6) is -1.43. The number of anilines is 1. The third-order valence-electron chi connectivity index (χ3n) is 4.67. The molecule has 7 heteroatoms. The minimum absolute atomic E-state index is 0.0576. The maximum atomic E-state index is 11.6. The number of carboxylic acid groups (broad SMARTS) is 1. The molecule has 0 aliphatic carbocycles. The number of para-hydroxylation sites is 1. The van der Waals surface area contributed by atoms with E-state index in [1.165, 1.54) is 0 Å². The largest absolute Gasteiger partial charge is 0.481 e. The number of carboxylic acids is 1.